The Morgan fingerprint density at radius 2 is 1.42 bits per heavy atom. The lowest BCUT2D eigenvalue weighted by Gasteiger charge is -2.20. The first-order chi connectivity index (χ1) is 18.1. The van der Waals surface area contributed by atoms with Crippen molar-refractivity contribution in [2.24, 2.45) is 10.3 Å². The summed E-state index contributed by atoms with van der Waals surface area (Å²) in [4.78, 5) is 47.9. The quantitative estimate of drug-likeness (QED) is 0.0929. The van der Waals surface area contributed by atoms with E-state index in [0.717, 1.165) is 33.6 Å². The molecule has 0 saturated heterocycles. The number of hydrogen-bond acceptors (Lipinski definition) is 9. The lowest BCUT2D eigenvalue weighted by molar-refractivity contribution is -0.121. The van der Waals surface area contributed by atoms with Crippen LogP contribution in [-0.2, 0) is 20.9 Å². The molecule has 0 aliphatic rings. The molecule has 0 N–H and O–H groups in total. The minimum atomic E-state index is -0.918. The van der Waals surface area contributed by atoms with Crippen LogP contribution in [0.5, 0.6) is 5.75 Å². The summed E-state index contributed by atoms with van der Waals surface area (Å²) in [7, 11) is 7.19. The molecule has 0 spiro atoms. The molecule has 1 rings (SSSR count). The Hall–Kier alpha value is -3.28. The molecular weight excluding hydrogens is 510 g/mol. The van der Waals surface area contributed by atoms with Crippen molar-refractivity contribution in [1.82, 2.24) is 13.5 Å². The number of carbonyl (C=O) groups is 3. The van der Waals surface area contributed by atoms with Crippen molar-refractivity contribution >= 4 is 41.7 Å². The van der Waals surface area contributed by atoms with Gasteiger partial charge in [0.2, 0.25) is 0 Å². The van der Waals surface area contributed by atoms with Gasteiger partial charge in [0.05, 0.1) is 12.1 Å². The lowest BCUT2D eigenvalue weighted by Crippen LogP contribution is -2.35. The second-order valence-corrected chi connectivity index (χ2v) is 10.1. The van der Waals surface area contributed by atoms with Crippen LogP contribution in [0.25, 0.3) is 0 Å². The topological polar surface area (TPSA) is 113 Å². The van der Waals surface area contributed by atoms with Crippen molar-refractivity contribution in [2.75, 3.05) is 35.3 Å². The van der Waals surface area contributed by atoms with Crippen molar-refractivity contribution in [3.8, 4) is 5.75 Å². The molecule has 0 heterocycles. The molecule has 3 amide bonds. The smallest absolute Gasteiger partial charge is 0.410 e. The van der Waals surface area contributed by atoms with Gasteiger partial charge in [0.1, 0.15) is 18.6 Å². The second kappa shape index (κ2) is 18.1. The minimum absolute atomic E-state index is 0.128. The molecule has 0 aliphatic heterocycles. The first-order valence-electron chi connectivity index (χ1n) is 12.7. The second-order valence-electron chi connectivity index (χ2n) is 8.82. The molecule has 0 atom stereocenters. The Kier molecular flexibility index (Phi) is 15.6. The van der Waals surface area contributed by atoms with Crippen LogP contribution in [0, 0.1) is 0 Å². The van der Waals surface area contributed by atoms with Gasteiger partial charge in [-0.25, -0.2) is 18.2 Å². The lowest BCUT2D eigenvalue weighted by atomic mass is 10.0. The number of nitrogens with zero attached hydrogens (tertiary/aromatic N) is 5. The van der Waals surface area contributed by atoms with Crippen LogP contribution in [0.3, 0.4) is 0 Å². The molecule has 0 aliphatic carbocycles. The van der Waals surface area contributed by atoms with E-state index in [2.05, 4.69) is 22.1 Å². The molecule has 0 saturated carbocycles. The summed E-state index contributed by atoms with van der Waals surface area (Å²) < 4.78 is 7.54. The SMILES string of the molecule is CCCCCCCCCc1ccc(OC(=O)N(C)SN(C)C(=O)O/N=C(C(=O)N(C)C)/C(C)=N/OC)cc1. The number of rotatable bonds is 15. The monoisotopic (exact) mass is 551 g/mol. The summed E-state index contributed by atoms with van der Waals surface area (Å²) >= 11 is 0.742. The van der Waals surface area contributed by atoms with E-state index >= 15 is 0 Å². The fraction of sp³-hybridized carbons (Fsp3) is 0.577. The van der Waals surface area contributed by atoms with Crippen molar-refractivity contribution in [1.29, 1.82) is 0 Å². The first-order valence-corrected chi connectivity index (χ1v) is 13.4. The number of ether oxygens (including phenoxy) is 1. The van der Waals surface area contributed by atoms with Crippen LogP contribution in [0.4, 0.5) is 9.59 Å². The van der Waals surface area contributed by atoms with E-state index in [-0.39, 0.29) is 11.4 Å². The largest absolute Gasteiger partial charge is 0.447 e. The third kappa shape index (κ3) is 12.3. The molecule has 0 radical (unpaired) electrons. The Bertz CT molecular complexity index is 952. The maximum absolute atomic E-state index is 12.5. The number of benzene rings is 1. The van der Waals surface area contributed by atoms with E-state index in [0.29, 0.717) is 5.75 Å². The van der Waals surface area contributed by atoms with Gasteiger partial charge in [-0.05, 0) is 37.5 Å². The van der Waals surface area contributed by atoms with E-state index in [9.17, 15) is 14.4 Å². The molecule has 1 aromatic rings. The van der Waals surface area contributed by atoms with Gasteiger partial charge in [-0.1, -0.05) is 67.9 Å². The van der Waals surface area contributed by atoms with Crippen molar-refractivity contribution in [3.05, 3.63) is 29.8 Å². The molecule has 0 unspecified atom stereocenters. The zero-order chi connectivity index (χ0) is 28.5. The number of hydrogen-bond donors (Lipinski definition) is 0. The third-order valence-electron chi connectivity index (χ3n) is 5.35. The molecule has 11 nitrogen and oxygen atoms in total. The maximum Gasteiger partial charge on any atom is 0.447 e. The van der Waals surface area contributed by atoms with Gasteiger partial charge in [0.25, 0.3) is 5.91 Å². The highest BCUT2D eigenvalue weighted by atomic mass is 32.2. The average molecular weight is 552 g/mol. The van der Waals surface area contributed by atoms with Crippen LogP contribution < -0.4 is 4.74 Å². The van der Waals surface area contributed by atoms with Crippen LogP contribution in [-0.4, -0.2) is 78.3 Å². The number of oxime groups is 2. The predicted molar refractivity (Wildman–Crippen MR) is 150 cm³/mol. The van der Waals surface area contributed by atoms with Crippen molar-refractivity contribution in [3.63, 3.8) is 0 Å². The molecule has 0 fully saturated rings. The molecule has 0 bridgehead atoms. The molecule has 212 valence electrons. The zero-order valence-corrected chi connectivity index (χ0v) is 24.4. The molecule has 12 heteroatoms. The summed E-state index contributed by atoms with van der Waals surface area (Å²) in [6.45, 7) is 3.71. The van der Waals surface area contributed by atoms with Crippen LogP contribution in [0.1, 0.15) is 64.4 Å². The van der Waals surface area contributed by atoms with E-state index in [1.165, 1.54) is 91.2 Å². The fourth-order valence-corrected chi connectivity index (χ4v) is 3.79. The van der Waals surface area contributed by atoms with Gasteiger partial charge in [-0.3, -0.25) is 9.63 Å². The van der Waals surface area contributed by atoms with E-state index in [1.807, 2.05) is 12.1 Å². The molecule has 0 aromatic heterocycles. The minimum Gasteiger partial charge on any atom is -0.410 e. The van der Waals surface area contributed by atoms with Gasteiger partial charge < -0.3 is 14.5 Å². The highest BCUT2D eigenvalue weighted by molar-refractivity contribution is 7.95. The van der Waals surface area contributed by atoms with Gasteiger partial charge in [0, 0.05) is 28.2 Å². The Labute approximate surface area is 230 Å². The van der Waals surface area contributed by atoms with E-state index in [1.54, 1.807) is 12.1 Å². The Morgan fingerprint density at radius 1 is 0.842 bits per heavy atom. The highest BCUT2D eigenvalue weighted by Gasteiger charge is 2.23. The van der Waals surface area contributed by atoms with Crippen LogP contribution in [0.15, 0.2) is 34.6 Å². The standard InChI is InChI=1S/C26H41N5O6S/c1-8-9-10-11-12-13-14-15-21-16-18-22(19-17-21)36-25(33)30(5)38-31(6)26(34)37-28-23(20(2)27-35-7)24(32)29(3)4/h16-19H,8-15H2,1-7H3/b27-20+,28-23-. The Balaban J connectivity index is 2.56. The molecule has 38 heavy (non-hydrogen) atoms. The summed E-state index contributed by atoms with van der Waals surface area (Å²) in [6.07, 6.45) is 8.22. The maximum atomic E-state index is 12.5. The van der Waals surface area contributed by atoms with E-state index < -0.39 is 18.1 Å². The fourth-order valence-electron chi connectivity index (χ4n) is 3.22. The Morgan fingerprint density at radius 3 is 2.00 bits per heavy atom. The van der Waals surface area contributed by atoms with Gasteiger partial charge in [0.15, 0.2) is 5.71 Å². The van der Waals surface area contributed by atoms with Gasteiger partial charge >= 0.3 is 12.2 Å². The first kappa shape index (κ1) is 32.7. The van der Waals surface area contributed by atoms with Crippen LogP contribution >= 0.6 is 12.1 Å². The predicted octanol–water partition coefficient (Wildman–Crippen LogP) is 5.51. The highest BCUT2D eigenvalue weighted by Crippen LogP contribution is 2.19. The normalized spacial score (nSPS) is 11.6. The van der Waals surface area contributed by atoms with Crippen LogP contribution in [0.2, 0.25) is 0 Å². The summed E-state index contributed by atoms with van der Waals surface area (Å²) in [5.74, 6) is -0.124. The molecule has 1 aromatic carbocycles. The zero-order valence-electron chi connectivity index (χ0n) is 23.6. The number of carbonyl (C=O) groups excluding carboxylic acids is 3. The summed E-state index contributed by atoms with van der Waals surface area (Å²) in [6, 6.07) is 7.42. The number of unbranched alkanes of at least 4 members (excludes halogenated alkanes) is 6. The number of amides is 3. The van der Waals surface area contributed by atoms with E-state index in [4.69, 9.17) is 9.57 Å². The van der Waals surface area contributed by atoms with Crippen molar-refractivity contribution < 1.29 is 28.8 Å². The summed E-state index contributed by atoms with van der Waals surface area (Å²) in [5, 5.41) is 7.29. The van der Waals surface area contributed by atoms with Gasteiger partial charge in [-0.2, -0.15) is 0 Å². The third-order valence-corrected chi connectivity index (χ3v) is 6.14. The average Bonchev–Trinajstić information content (AvgIpc) is 2.88. The van der Waals surface area contributed by atoms with Crippen molar-refractivity contribution in [2.45, 2.75) is 65.2 Å². The summed E-state index contributed by atoms with van der Waals surface area (Å²) in [5.41, 5.74) is 1.12. The molecular formula is C26H41N5O6S. The van der Waals surface area contributed by atoms with Gasteiger partial charge in [-0.15, -0.1) is 0 Å². The number of aryl methyl sites for hydroxylation is 1.